The smallest absolute Gasteiger partial charge is 0.350 e. The van der Waals surface area contributed by atoms with E-state index in [4.69, 9.17) is 9.47 Å². The molecule has 0 amide bonds. The first-order valence-electron chi connectivity index (χ1n) is 7.12. The minimum atomic E-state index is -1.24. The molecule has 1 aromatic heterocycles. The van der Waals surface area contributed by atoms with Crippen molar-refractivity contribution in [3.63, 3.8) is 0 Å². The zero-order valence-electron chi connectivity index (χ0n) is 12.8. The van der Waals surface area contributed by atoms with Crippen molar-refractivity contribution in [2.45, 2.75) is 19.6 Å². The molecule has 1 N–H and O–H groups in total. The zero-order chi connectivity index (χ0) is 16.4. The number of hydrogen-bond acceptors (Lipinski definition) is 5. The van der Waals surface area contributed by atoms with E-state index in [1.165, 1.54) is 20.0 Å². The lowest BCUT2D eigenvalue weighted by Crippen LogP contribution is -2.42. The van der Waals surface area contributed by atoms with Gasteiger partial charge in [0.05, 0.1) is 11.4 Å². The van der Waals surface area contributed by atoms with E-state index < -0.39 is 17.7 Å². The molecule has 0 spiro atoms. The van der Waals surface area contributed by atoms with Gasteiger partial charge in [0, 0.05) is 32.4 Å². The van der Waals surface area contributed by atoms with Crippen molar-refractivity contribution in [1.29, 1.82) is 0 Å². The number of aromatic nitrogens is 1. The fourth-order valence-corrected chi connectivity index (χ4v) is 2.24. The summed E-state index contributed by atoms with van der Waals surface area (Å²) in [7, 11) is 0. The number of esters is 2. The molecule has 1 aliphatic heterocycles. The summed E-state index contributed by atoms with van der Waals surface area (Å²) in [6.45, 7) is 3.02. The van der Waals surface area contributed by atoms with Gasteiger partial charge in [0.15, 0.2) is 5.57 Å². The van der Waals surface area contributed by atoms with E-state index in [9.17, 15) is 9.59 Å². The Morgan fingerprint density at radius 1 is 1.00 bits per heavy atom. The van der Waals surface area contributed by atoms with Crippen molar-refractivity contribution in [2.75, 3.05) is 5.32 Å². The molecule has 0 radical (unpaired) electrons. The summed E-state index contributed by atoms with van der Waals surface area (Å²) >= 11 is 0. The van der Waals surface area contributed by atoms with Crippen LogP contribution < -0.4 is 5.32 Å². The number of carbonyl (C=O) groups is 2. The second-order valence-electron chi connectivity index (χ2n) is 5.49. The quantitative estimate of drug-likeness (QED) is 0.536. The summed E-state index contributed by atoms with van der Waals surface area (Å²) in [6, 6.07) is 11.3. The minimum absolute atomic E-state index is 0.174. The molecular weight excluding hydrogens is 296 g/mol. The third-order valence-corrected chi connectivity index (χ3v) is 3.28. The molecule has 0 bridgehead atoms. The number of nitrogens with one attached hydrogen (secondary N) is 1. The lowest BCUT2D eigenvalue weighted by atomic mass is 10.2. The van der Waals surface area contributed by atoms with Crippen LogP contribution in [0.1, 0.15) is 13.8 Å². The molecule has 0 aliphatic carbocycles. The standard InChI is InChI=1S/C17H16N2O4/c1-17(2)22-15(20)12(16(21)23-17)11-18-13-7-3-4-8-14(13)19-9-5-6-10-19/h3-11,18H,1-2H3. The van der Waals surface area contributed by atoms with Crippen LogP contribution >= 0.6 is 0 Å². The second-order valence-corrected chi connectivity index (χ2v) is 5.49. The Balaban J connectivity index is 1.86. The average Bonchev–Trinajstić information content (AvgIpc) is 2.99. The molecule has 118 valence electrons. The molecule has 3 rings (SSSR count). The lowest BCUT2D eigenvalue weighted by molar-refractivity contribution is -0.222. The number of ether oxygens (including phenoxy) is 2. The Bertz CT molecular complexity index is 754. The number of anilines is 1. The van der Waals surface area contributed by atoms with Crippen LogP contribution in [0, 0.1) is 0 Å². The van der Waals surface area contributed by atoms with Gasteiger partial charge in [0.25, 0.3) is 5.79 Å². The van der Waals surface area contributed by atoms with Crippen molar-refractivity contribution in [3.05, 3.63) is 60.6 Å². The number of hydrogen-bond donors (Lipinski definition) is 1. The van der Waals surface area contributed by atoms with Gasteiger partial charge in [-0.25, -0.2) is 9.59 Å². The second kappa shape index (κ2) is 5.64. The van der Waals surface area contributed by atoms with Gasteiger partial charge in [-0.1, -0.05) is 12.1 Å². The molecular formula is C17H16N2O4. The largest absolute Gasteiger partial charge is 0.419 e. The van der Waals surface area contributed by atoms with Crippen molar-refractivity contribution >= 4 is 17.6 Å². The number of cyclic esters (lactones) is 2. The van der Waals surface area contributed by atoms with Gasteiger partial charge in [0.1, 0.15) is 0 Å². The lowest BCUT2D eigenvalue weighted by Gasteiger charge is -2.29. The predicted molar refractivity (Wildman–Crippen MR) is 83.7 cm³/mol. The van der Waals surface area contributed by atoms with Crippen LogP contribution in [0.25, 0.3) is 5.69 Å². The highest BCUT2D eigenvalue weighted by Gasteiger charge is 2.38. The zero-order valence-corrected chi connectivity index (χ0v) is 12.8. The van der Waals surface area contributed by atoms with E-state index >= 15 is 0 Å². The summed E-state index contributed by atoms with van der Waals surface area (Å²) in [5.74, 6) is -2.66. The highest BCUT2D eigenvalue weighted by molar-refractivity contribution is 6.15. The Morgan fingerprint density at radius 3 is 2.26 bits per heavy atom. The highest BCUT2D eigenvalue weighted by Crippen LogP contribution is 2.24. The predicted octanol–water partition coefficient (Wildman–Crippen LogP) is 2.61. The number of benzene rings is 1. The van der Waals surface area contributed by atoms with E-state index in [1.807, 2.05) is 53.4 Å². The van der Waals surface area contributed by atoms with Crippen molar-refractivity contribution in [2.24, 2.45) is 0 Å². The van der Waals surface area contributed by atoms with Crippen molar-refractivity contribution in [3.8, 4) is 5.69 Å². The fraction of sp³-hybridized carbons (Fsp3) is 0.176. The topological polar surface area (TPSA) is 69.6 Å². The number of rotatable bonds is 3. The van der Waals surface area contributed by atoms with Gasteiger partial charge in [-0.3, -0.25) is 0 Å². The molecule has 0 atom stereocenters. The van der Waals surface area contributed by atoms with Gasteiger partial charge in [-0.15, -0.1) is 0 Å². The van der Waals surface area contributed by atoms with Crippen molar-refractivity contribution in [1.82, 2.24) is 4.57 Å². The van der Waals surface area contributed by atoms with Crippen LogP contribution in [0.3, 0.4) is 0 Å². The minimum Gasteiger partial charge on any atom is -0.419 e. The average molecular weight is 312 g/mol. The maximum Gasteiger partial charge on any atom is 0.350 e. The van der Waals surface area contributed by atoms with E-state index in [0.29, 0.717) is 0 Å². The van der Waals surface area contributed by atoms with Gasteiger partial charge in [-0.2, -0.15) is 0 Å². The van der Waals surface area contributed by atoms with Crippen LogP contribution in [-0.4, -0.2) is 22.3 Å². The first-order valence-corrected chi connectivity index (χ1v) is 7.12. The van der Waals surface area contributed by atoms with Gasteiger partial charge < -0.3 is 19.4 Å². The number of para-hydroxylation sites is 2. The maximum absolute atomic E-state index is 11.9. The summed E-state index contributed by atoms with van der Waals surface area (Å²) in [5.41, 5.74) is 1.44. The van der Waals surface area contributed by atoms with Gasteiger partial charge >= 0.3 is 11.9 Å². The molecule has 0 saturated carbocycles. The van der Waals surface area contributed by atoms with Crippen LogP contribution in [-0.2, 0) is 19.1 Å². The van der Waals surface area contributed by atoms with Gasteiger partial charge in [0.2, 0.25) is 0 Å². The normalized spacial score (nSPS) is 16.5. The van der Waals surface area contributed by atoms with Gasteiger partial charge in [-0.05, 0) is 24.3 Å². The molecule has 6 nitrogen and oxygen atoms in total. The summed E-state index contributed by atoms with van der Waals surface area (Å²) in [6.07, 6.45) is 5.11. The van der Waals surface area contributed by atoms with E-state index in [0.717, 1.165) is 11.4 Å². The SMILES string of the molecule is CC1(C)OC(=O)C(=CNc2ccccc2-n2cccc2)C(=O)O1. The Hall–Kier alpha value is -3.02. The molecule has 23 heavy (non-hydrogen) atoms. The first kappa shape index (κ1) is 14.9. The van der Waals surface area contributed by atoms with Crippen molar-refractivity contribution < 1.29 is 19.1 Å². The van der Waals surface area contributed by atoms with E-state index in [1.54, 1.807) is 0 Å². The molecule has 1 saturated heterocycles. The molecule has 6 heteroatoms. The monoisotopic (exact) mass is 312 g/mol. The molecule has 0 unspecified atom stereocenters. The van der Waals surface area contributed by atoms with Crippen LogP contribution in [0.4, 0.5) is 5.69 Å². The summed E-state index contributed by atoms with van der Waals surface area (Å²) in [5, 5.41) is 2.97. The third-order valence-electron chi connectivity index (χ3n) is 3.28. The third kappa shape index (κ3) is 3.11. The number of carbonyl (C=O) groups excluding carboxylic acids is 2. The molecule has 2 heterocycles. The summed E-state index contributed by atoms with van der Waals surface area (Å²) in [4.78, 5) is 23.8. The number of nitrogens with zero attached hydrogens (tertiary/aromatic N) is 1. The van der Waals surface area contributed by atoms with Crippen LogP contribution in [0.15, 0.2) is 60.6 Å². The molecule has 1 aromatic carbocycles. The maximum atomic E-state index is 11.9. The molecule has 1 aliphatic rings. The Morgan fingerprint density at radius 2 is 1.61 bits per heavy atom. The van der Waals surface area contributed by atoms with E-state index in [-0.39, 0.29) is 5.57 Å². The van der Waals surface area contributed by atoms with Crippen LogP contribution in [0.5, 0.6) is 0 Å². The summed E-state index contributed by atoms with van der Waals surface area (Å²) < 4.78 is 12.0. The highest BCUT2D eigenvalue weighted by atomic mass is 16.7. The fourth-order valence-electron chi connectivity index (χ4n) is 2.24. The first-order chi connectivity index (χ1) is 11.0. The molecule has 2 aromatic rings. The Kier molecular flexibility index (Phi) is 3.65. The molecule has 1 fully saturated rings. The Labute approximate surface area is 133 Å². The van der Waals surface area contributed by atoms with E-state index in [2.05, 4.69) is 5.32 Å². The van der Waals surface area contributed by atoms with Crippen LogP contribution in [0.2, 0.25) is 0 Å².